The summed E-state index contributed by atoms with van der Waals surface area (Å²) in [4.78, 5) is 35.4. The first-order valence-corrected chi connectivity index (χ1v) is 10.3. The zero-order chi connectivity index (χ0) is 22.2. The molecule has 164 valence electrons. The van der Waals surface area contributed by atoms with Crippen molar-refractivity contribution < 1.29 is 24.2 Å². The molecule has 1 aliphatic carbocycles. The number of carbonyl (C=O) groups is 3. The highest BCUT2D eigenvalue weighted by atomic mass is 16.5. The van der Waals surface area contributed by atoms with E-state index in [0.717, 1.165) is 22.3 Å². The summed E-state index contributed by atoms with van der Waals surface area (Å²) in [6, 6.07) is 15.0. The van der Waals surface area contributed by atoms with Gasteiger partial charge in [-0.05, 0) is 48.1 Å². The number of aliphatic carboxylic acids is 1. The van der Waals surface area contributed by atoms with Crippen molar-refractivity contribution in [3.8, 4) is 11.1 Å². The zero-order valence-electron chi connectivity index (χ0n) is 17.2. The topological polar surface area (TPSA) is 131 Å². The van der Waals surface area contributed by atoms with E-state index in [-0.39, 0.29) is 25.5 Å². The first kappa shape index (κ1) is 22.3. The Morgan fingerprint density at radius 1 is 1.00 bits per heavy atom. The molecule has 0 bridgehead atoms. The number of hydrogen-bond donors (Lipinski definition) is 4. The van der Waals surface area contributed by atoms with Crippen LogP contribution in [-0.2, 0) is 14.3 Å². The Morgan fingerprint density at radius 3 is 2.19 bits per heavy atom. The summed E-state index contributed by atoms with van der Waals surface area (Å²) >= 11 is 0. The summed E-state index contributed by atoms with van der Waals surface area (Å²) in [5.41, 5.74) is 9.84. The molecule has 0 spiro atoms. The Kier molecular flexibility index (Phi) is 7.61. The fourth-order valence-electron chi connectivity index (χ4n) is 3.80. The second kappa shape index (κ2) is 10.6. The van der Waals surface area contributed by atoms with Crippen LogP contribution in [0.2, 0.25) is 0 Å². The van der Waals surface area contributed by atoms with Crippen LogP contribution < -0.4 is 16.4 Å². The van der Waals surface area contributed by atoms with E-state index < -0.39 is 24.0 Å². The average molecular weight is 425 g/mol. The van der Waals surface area contributed by atoms with Crippen molar-refractivity contribution in [3.63, 3.8) is 0 Å². The molecule has 8 nitrogen and oxygen atoms in total. The number of hydrogen-bond acceptors (Lipinski definition) is 5. The number of alkyl carbamates (subject to hydrolysis) is 1. The Balaban J connectivity index is 1.49. The van der Waals surface area contributed by atoms with E-state index in [1.165, 1.54) is 0 Å². The van der Waals surface area contributed by atoms with Crippen LogP contribution in [-0.4, -0.2) is 48.8 Å². The molecular formula is C23H27N3O5. The van der Waals surface area contributed by atoms with E-state index >= 15 is 0 Å². The van der Waals surface area contributed by atoms with Crippen LogP contribution in [0.3, 0.4) is 0 Å². The lowest BCUT2D eigenvalue weighted by Gasteiger charge is -2.16. The summed E-state index contributed by atoms with van der Waals surface area (Å²) in [6.07, 6.45) is 0.820. The van der Waals surface area contributed by atoms with E-state index in [1.54, 1.807) is 0 Å². The molecule has 31 heavy (non-hydrogen) atoms. The number of carboxylic acids is 1. The van der Waals surface area contributed by atoms with Crippen LogP contribution in [0, 0.1) is 0 Å². The fraction of sp³-hybridized carbons (Fsp3) is 0.348. The largest absolute Gasteiger partial charge is 0.480 e. The monoisotopic (exact) mass is 425 g/mol. The first-order chi connectivity index (χ1) is 15.0. The molecule has 1 atom stereocenters. The average Bonchev–Trinajstić information content (AvgIpc) is 3.09. The van der Waals surface area contributed by atoms with Crippen LogP contribution in [0.5, 0.6) is 0 Å². The van der Waals surface area contributed by atoms with E-state index in [9.17, 15) is 19.5 Å². The first-order valence-electron chi connectivity index (χ1n) is 10.3. The lowest BCUT2D eigenvalue weighted by atomic mass is 9.98. The maximum Gasteiger partial charge on any atom is 0.407 e. The second-order valence-corrected chi connectivity index (χ2v) is 7.42. The van der Waals surface area contributed by atoms with Crippen molar-refractivity contribution in [2.24, 2.45) is 5.73 Å². The van der Waals surface area contributed by atoms with Gasteiger partial charge in [0.1, 0.15) is 19.2 Å². The van der Waals surface area contributed by atoms with Gasteiger partial charge in [0.2, 0.25) is 5.91 Å². The maximum atomic E-state index is 12.1. The van der Waals surface area contributed by atoms with Crippen molar-refractivity contribution in [2.75, 3.05) is 19.7 Å². The van der Waals surface area contributed by atoms with Gasteiger partial charge in [-0.1, -0.05) is 48.5 Å². The summed E-state index contributed by atoms with van der Waals surface area (Å²) in [7, 11) is 0. The Bertz CT molecular complexity index is 901. The minimum atomic E-state index is -1.12. The Labute approximate surface area is 180 Å². The van der Waals surface area contributed by atoms with Crippen LogP contribution >= 0.6 is 0 Å². The number of unbranched alkanes of at least 4 members (excludes halogenated alkanes) is 1. The van der Waals surface area contributed by atoms with Crippen molar-refractivity contribution in [3.05, 3.63) is 59.7 Å². The highest BCUT2D eigenvalue weighted by Gasteiger charge is 2.29. The molecule has 2 aromatic rings. The number of ether oxygens (including phenoxy) is 1. The van der Waals surface area contributed by atoms with Gasteiger partial charge in [-0.25, -0.2) is 9.59 Å². The molecule has 0 saturated carbocycles. The van der Waals surface area contributed by atoms with Gasteiger partial charge in [-0.15, -0.1) is 0 Å². The van der Waals surface area contributed by atoms with Gasteiger partial charge < -0.3 is 26.2 Å². The van der Waals surface area contributed by atoms with Gasteiger partial charge in [0.15, 0.2) is 0 Å². The van der Waals surface area contributed by atoms with Crippen molar-refractivity contribution in [2.45, 2.75) is 31.2 Å². The number of rotatable bonds is 10. The number of nitrogens with two attached hydrogens (primary N) is 1. The van der Waals surface area contributed by atoms with Gasteiger partial charge in [0.25, 0.3) is 0 Å². The molecule has 0 saturated heterocycles. The third-order valence-corrected chi connectivity index (χ3v) is 5.32. The Morgan fingerprint density at radius 2 is 1.61 bits per heavy atom. The number of fused-ring (bicyclic) bond motifs is 3. The number of nitrogens with one attached hydrogen (secondary N) is 2. The van der Waals surface area contributed by atoms with E-state index in [2.05, 4.69) is 10.6 Å². The highest BCUT2D eigenvalue weighted by Crippen LogP contribution is 2.44. The number of carbonyl (C=O) groups excluding carboxylic acids is 2. The Hall–Kier alpha value is -3.39. The van der Waals surface area contributed by atoms with Gasteiger partial charge in [0.05, 0.1) is 0 Å². The van der Waals surface area contributed by atoms with E-state index in [1.807, 2.05) is 48.5 Å². The SMILES string of the molecule is NCCCC[C@H](NC(=O)CNC(=O)OCC1c2ccccc2-c2ccccc21)C(=O)O. The van der Waals surface area contributed by atoms with Crippen LogP contribution in [0.4, 0.5) is 4.79 Å². The predicted octanol–water partition coefficient (Wildman–Crippen LogP) is 2.22. The fourth-order valence-corrected chi connectivity index (χ4v) is 3.80. The van der Waals surface area contributed by atoms with Crippen LogP contribution in [0.1, 0.15) is 36.3 Å². The van der Waals surface area contributed by atoms with E-state index in [4.69, 9.17) is 10.5 Å². The molecule has 3 rings (SSSR count). The zero-order valence-corrected chi connectivity index (χ0v) is 17.2. The van der Waals surface area contributed by atoms with Gasteiger partial charge >= 0.3 is 12.1 Å². The van der Waals surface area contributed by atoms with Gasteiger partial charge in [-0.2, -0.15) is 0 Å². The summed E-state index contributed by atoms with van der Waals surface area (Å²) in [6.45, 7) is 0.235. The standard InChI is InChI=1S/C23H27N3O5/c24-12-6-5-11-20(22(28)29)26-21(27)13-25-23(30)31-14-19-17-9-3-1-7-15(17)16-8-2-4-10-18(16)19/h1-4,7-10,19-20H,5-6,11-14,24H2,(H,25,30)(H,26,27)(H,28,29)/t20-/m0/s1. The molecule has 5 N–H and O–H groups in total. The summed E-state index contributed by atoms with van der Waals surface area (Å²) in [5, 5.41) is 14.0. The molecule has 0 aromatic heterocycles. The molecule has 0 unspecified atom stereocenters. The predicted molar refractivity (Wildman–Crippen MR) is 116 cm³/mol. The minimum Gasteiger partial charge on any atom is -0.480 e. The lowest BCUT2D eigenvalue weighted by molar-refractivity contribution is -0.141. The normalized spacial score (nSPS) is 13.1. The number of amides is 2. The molecule has 2 aromatic carbocycles. The van der Waals surface area contributed by atoms with Crippen LogP contribution in [0.15, 0.2) is 48.5 Å². The molecule has 0 radical (unpaired) electrons. The molecule has 0 aliphatic heterocycles. The molecule has 2 amide bonds. The van der Waals surface area contributed by atoms with Gasteiger partial charge in [0, 0.05) is 5.92 Å². The third-order valence-electron chi connectivity index (χ3n) is 5.32. The number of carboxylic acid groups (broad SMARTS) is 1. The third kappa shape index (κ3) is 5.61. The minimum absolute atomic E-state index is 0.0779. The molecule has 1 aliphatic rings. The molecule has 0 heterocycles. The summed E-state index contributed by atoms with van der Waals surface area (Å²) in [5.74, 6) is -1.79. The highest BCUT2D eigenvalue weighted by molar-refractivity contribution is 5.86. The second-order valence-electron chi connectivity index (χ2n) is 7.42. The van der Waals surface area contributed by atoms with Crippen molar-refractivity contribution in [1.82, 2.24) is 10.6 Å². The summed E-state index contributed by atoms with van der Waals surface area (Å²) < 4.78 is 5.36. The van der Waals surface area contributed by atoms with Crippen molar-refractivity contribution >= 4 is 18.0 Å². The smallest absolute Gasteiger partial charge is 0.407 e. The quantitative estimate of drug-likeness (QED) is 0.432. The molecular weight excluding hydrogens is 398 g/mol. The number of benzene rings is 2. The van der Waals surface area contributed by atoms with Gasteiger partial charge in [-0.3, -0.25) is 4.79 Å². The van der Waals surface area contributed by atoms with Crippen molar-refractivity contribution in [1.29, 1.82) is 0 Å². The molecule has 8 heteroatoms. The lowest BCUT2D eigenvalue weighted by Crippen LogP contribution is -2.45. The van der Waals surface area contributed by atoms with E-state index in [0.29, 0.717) is 19.4 Å². The molecule has 0 fully saturated rings. The maximum absolute atomic E-state index is 12.1. The van der Waals surface area contributed by atoms with Crippen LogP contribution in [0.25, 0.3) is 11.1 Å².